The highest BCUT2D eigenvalue weighted by molar-refractivity contribution is 7.11. The molecule has 192 valence electrons. The predicted molar refractivity (Wildman–Crippen MR) is 127 cm³/mol. The zero-order valence-corrected chi connectivity index (χ0v) is 20.7. The number of pyridine rings is 1. The van der Waals surface area contributed by atoms with Gasteiger partial charge in [-0.1, -0.05) is 0 Å². The van der Waals surface area contributed by atoms with Crippen LogP contribution in [0, 0.1) is 11.3 Å². The summed E-state index contributed by atoms with van der Waals surface area (Å²) in [6.45, 7) is 2.91. The number of nitrogens with zero attached hydrogens (tertiary/aromatic N) is 4. The molecular weight excluding hydrogens is 493 g/mol. The Balaban J connectivity index is 1.35. The Morgan fingerprint density at radius 1 is 1.25 bits per heavy atom. The molecule has 1 fully saturated rings. The van der Waals surface area contributed by atoms with Crippen LogP contribution in [0.15, 0.2) is 24.5 Å². The lowest BCUT2D eigenvalue weighted by Gasteiger charge is -2.35. The lowest BCUT2D eigenvalue weighted by Crippen LogP contribution is -2.39. The largest absolute Gasteiger partial charge is 0.481 e. The average Bonchev–Trinajstić information content (AvgIpc) is 3.44. The maximum absolute atomic E-state index is 13.2. The highest BCUT2D eigenvalue weighted by Gasteiger charge is 2.39. The van der Waals surface area contributed by atoms with Crippen molar-refractivity contribution in [3.8, 4) is 0 Å². The van der Waals surface area contributed by atoms with Crippen molar-refractivity contribution in [2.45, 2.75) is 64.7 Å². The molecule has 3 aromatic heterocycles. The minimum absolute atomic E-state index is 0.0338. The molecule has 1 amide bonds. The minimum Gasteiger partial charge on any atom is -0.481 e. The predicted octanol–water partition coefficient (Wildman–Crippen LogP) is 5.12. The van der Waals surface area contributed by atoms with Gasteiger partial charge in [-0.25, -0.2) is 9.97 Å². The van der Waals surface area contributed by atoms with Gasteiger partial charge in [0.15, 0.2) is 5.01 Å². The molecule has 0 radical (unpaired) electrons. The highest BCUT2D eigenvalue weighted by Crippen LogP contribution is 2.41. The normalized spacial score (nSPS) is 22.6. The zero-order chi connectivity index (χ0) is 25.7. The molecule has 1 saturated carbocycles. The van der Waals surface area contributed by atoms with E-state index in [-0.39, 0.29) is 18.4 Å². The molecule has 0 aromatic carbocycles. The molecule has 0 saturated heterocycles. The maximum atomic E-state index is 13.2. The Morgan fingerprint density at radius 3 is 2.67 bits per heavy atom. The van der Waals surface area contributed by atoms with Gasteiger partial charge in [-0.15, -0.1) is 11.3 Å². The number of carboxylic acid groups (broad SMARTS) is 1. The minimum atomic E-state index is -4.48. The summed E-state index contributed by atoms with van der Waals surface area (Å²) in [6.07, 6.45) is 2.03. The van der Waals surface area contributed by atoms with Crippen LogP contribution in [0.2, 0.25) is 0 Å². The van der Waals surface area contributed by atoms with Crippen molar-refractivity contribution < 1.29 is 27.9 Å². The molecule has 3 aromatic rings. The van der Waals surface area contributed by atoms with Gasteiger partial charge in [-0.3, -0.25) is 9.59 Å². The van der Waals surface area contributed by atoms with E-state index in [9.17, 15) is 27.9 Å². The van der Waals surface area contributed by atoms with Crippen molar-refractivity contribution in [2.24, 2.45) is 11.3 Å². The number of aromatic nitrogens is 3. The Hall–Kier alpha value is -2.95. The van der Waals surface area contributed by atoms with E-state index in [2.05, 4.69) is 9.97 Å². The standard InChI is InChI=1S/C25H27F3N4O3S/c1-24(23(34)35)7-4-15(5-8-24)11-20(33)31-10-6-17-18-3-2-9-29-21(18)32(19(17)14-31)13-16-12-30-22(36-16)25(26,27)28/h2-3,9,12,15H,4-8,10-11,13-14H2,1H3,(H,34,35)/t15-,24+. The van der Waals surface area contributed by atoms with Crippen molar-refractivity contribution in [3.63, 3.8) is 0 Å². The smallest absolute Gasteiger partial charge is 0.443 e. The number of carboxylic acids is 1. The lowest BCUT2D eigenvalue weighted by molar-refractivity contribution is -0.150. The van der Waals surface area contributed by atoms with Gasteiger partial charge in [0.25, 0.3) is 0 Å². The van der Waals surface area contributed by atoms with Crippen molar-refractivity contribution >= 4 is 34.2 Å². The van der Waals surface area contributed by atoms with Crippen LogP contribution in [0.1, 0.15) is 60.2 Å². The number of amides is 1. The van der Waals surface area contributed by atoms with Gasteiger partial charge < -0.3 is 14.6 Å². The fraction of sp³-hybridized carbons (Fsp3) is 0.520. The molecule has 5 rings (SSSR count). The number of carbonyl (C=O) groups excluding carboxylic acids is 1. The van der Waals surface area contributed by atoms with Crippen molar-refractivity contribution in [2.75, 3.05) is 6.54 Å². The number of halogens is 3. The molecular formula is C25H27F3N4O3S. The van der Waals surface area contributed by atoms with E-state index >= 15 is 0 Å². The lowest BCUT2D eigenvalue weighted by atomic mass is 9.71. The van der Waals surface area contributed by atoms with E-state index in [1.165, 1.54) is 6.20 Å². The summed E-state index contributed by atoms with van der Waals surface area (Å²) >= 11 is 0.622. The fourth-order valence-electron chi connectivity index (χ4n) is 5.42. The van der Waals surface area contributed by atoms with Gasteiger partial charge in [0.1, 0.15) is 5.65 Å². The number of hydrogen-bond acceptors (Lipinski definition) is 5. The van der Waals surface area contributed by atoms with Crippen LogP contribution in [0.5, 0.6) is 0 Å². The molecule has 1 aliphatic heterocycles. The third kappa shape index (κ3) is 4.60. The molecule has 2 aliphatic rings. The SMILES string of the molecule is C[C@]1(C(=O)O)CC[C@@H](CC(=O)N2CCc3c(n(Cc4cnc(C(F)(F)F)s4)c4ncccc34)C2)CC1. The second-order valence-electron chi connectivity index (χ2n) is 10.1. The summed E-state index contributed by atoms with van der Waals surface area (Å²) in [5, 5.41) is 9.54. The summed E-state index contributed by atoms with van der Waals surface area (Å²) in [4.78, 5) is 35.1. The summed E-state index contributed by atoms with van der Waals surface area (Å²) in [7, 11) is 0. The van der Waals surface area contributed by atoms with E-state index in [0.29, 0.717) is 73.5 Å². The average molecular weight is 521 g/mol. The molecule has 1 N–H and O–H groups in total. The molecule has 0 atom stereocenters. The molecule has 7 nitrogen and oxygen atoms in total. The molecule has 0 unspecified atom stereocenters. The monoisotopic (exact) mass is 520 g/mol. The van der Waals surface area contributed by atoms with E-state index < -0.39 is 22.6 Å². The van der Waals surface area contributed by atoms with Gasteiger partial charge in [0.05, 0.1) is 18.5 Å². The number of rotatable bonds is 5. The maximum Gasteiger partial charge on any atom is 0.443 e. The van der Waals surface area contributed by atoms with Gasteiger partial charge in [-0.2, -0.15) is 13.2 Å². The number of fused-ring (bicyclic) bond motifs is 3. The first kappa shape index (κ1) is 24.7. The van der Waals surface area contributed by atoms with E-state index in [1.807, 2.05) is 21.6 Å². The number of aliphatic carboxylic acids is 1. The van der Waals surface area contributed by atoms with Gasteiger partial charge in [0.2, 0.25) is 5.91 Å². The Bertz CT molecular complexity index is 1310. The third-order valence-electron chi connectivity index (χ3n) is 7.67. The summed E-state index contributed by atoms with van der Waals surface area (Å²) in [6, 6.07) is 3.80. The van der Waals surface area contributed by atoms with Crippen molar-refractivity contribution in [1.82, 2.24) is 19.4 Å². The summed E-state index contributed by atoms with van der Waals surface area (Å²) in [5.74, 6) is -0.580. The third-order valence-corrected chi connectivity index (χ3v) is 8.69. The first-order valence-electron chi connectivity index (χ1n) is 12.0. The van der Waals surface area contributed by atoms with Crippen molar-refractivity contribution in [3.05, 3.63) is 45.7 Å². The van der Waals surface area contributed by atoms with Crippen LogP contribution in [-0.4, -0.2) is 43.0 Å². The number of hydrogen-bond donors (Lipinski definition) is 1. The second kappa shape index (κ2) is 9.17. The van der Waals surface area contributed by atoms with Crippen LogP contribution in [0.25, 0.3) is 11.0 Å². The molecule has 4 heterocycles. The molecule has 1 aliphatic carbocycles. The summed E-state index contributed by atoms with van der Waals surface area (Å²) < 4.78 is 41.1. The second-order valence-corrected chi connectivity index (χ2v) is 11.2. The van der Waals surface area contributed by atoms with Gasteiger partial charge in [0, 0.05) is 41.3 Å². The molecule has 0 bridgehead atoms. The number of alkyl halides is 3. The molecule has 36 heavy (non-hydrogen) atoms. The van der Waals surface area contributed by atoms with Crippen LogP contribution >= 0.6 is 11.3 Å². The Kier molecular flexibility index (Phi) is 6.30. The Morgan fingerprint density at radius 2 is 2.00 bits per heavy atom. The molecule has 11 heteroatoms. The van der Waals surface area contributed by atoms with Crippen LogP contribution in [-0.2, 0) is 35.3 Å². The van der Waals surface area contributed by atoms with Crippen LogP contribution in [0.4, 0.5) is 13.2 Å². The van der Waals surface area contributed by atoms with E-state index in [4.69, 9.17) is 0 Å². The van der Waals surface area contributed by atoms with Gasteiger partial charge >= 0.3 is 12.1 Å². The van der Waals surface area contributed by atoms with Gasteiger partial charge in [-0.05, 0) is 62.6 Å². The quantitative estimate of drug-likeness (QED) is 0.505. The van der Waals surface area contributed by atoms with E-state index in [1.54, 1.807) is 13.1 Å². The first-order chi connectivity index (χ1) is 17.0. The fourth-order valence-corrected chi connectivity index (χ4v) is 6.19. The summed E-state index contributed by atoms with van der Waals surface area (Å²) in [5.41, 5.74) is 1.96. The number of carbonyl (C=O) groups is 2. The van der Waals surface area contributed by atoms with E-state index in [0.717, 1.165) is 16.6 Å². The molecule has 0 spiro atoms. The topological polar surface area (TPSA) is 88.3 Å². The zero-order valence-electron chi connectivity index (χ0n) is 19.8. The van der Waals surface area contributed by atoms with Crippen LogP contribution < -0.4 is 0 Å². The Labute approximate surface area is 210 Å². The van der Waals surface area contributed by atoms with Crippen molar-refractivity contribution in [1.29, 1.82) is 0 Å². The first-order valence-corrected chi connectivity index (χ1v) is 12.8. The van der Waals surface area contributed by atoms with Crippen LogP contribution in [0.3, 0.4) is 0 Å². The number of thiazole rings is 1. The highest BCUT2D eigenvalue weighted by atomic mass is 32.1.